The molecule has 1 fully saturated rings. The van der Waals surface area contributed by atoms with E-state index in [-0.39, 0.29) is 19.6 Å². The zero-order chi connectivity index (χ0) is 48.2. The Bertz CT molecular complexity index is 1340. The van der Waals surface area contributed by atoms with Gasteiger partial charge < -0.3 is 34.3 Å². The molecule has 0 aromatic carbocycles. The van der Waals surface area contributed by atoms with Gasteiger partial charge in [0, 0.05) is 13.0 Å². The Kier molecular flexibility index (Phi) is 41.6. The van der Waals surface area contributed by atoms with Gasteiger partial charge in [0.05, 0.1) is 19.8 Å². The molecule has 0 aromatic heterocycles. The van der Waals surface area contributed by atoms with Gasteiger partial charge in [0.25, 0.3) is 0 Å². The summed E-state index contributed by atoms with van der Waals surface area (Å²) in [7, 11) is -5.07. The first-order valence-electron chi connectivity index (χ1n) is 26.4. The van der Waals surface area contributed by atoms with Crippen molar-refractivity contribution in [1.29, 1.82) is 0 Å². The number of esters is 1. The van der Waals surface area contributed by atoms with Crippen LogP contribution in [-0.2, 0) is 38.3 Å². The topological polar surface area (TPSA) is 178 Å². The predicted molar refractivity (Wildman–Crippen MR) is 266 cm³/mol. The van der Waals surface area contributed by atoms with E-state index in [1.165, 1.54) is 122 Å². The van der Waals surface area contributed by atoms with Gasteiger partial charge >= 0.3 is 16.4 Å². The molecule has 1 saturated heterocycles. The molecule has 1 aliphatic rings. The maximum atomic E-state index is 12.9. The summed E-state index contributed by atoms with van der Waals surface area (Å²) < 4.78 is 59.3. The smallest absolute Gasteiger partial charge is 0.397 e. The first-order chi connectivity index (χ1) is 32.1. The zero-order valence-corrected chi connectivity index (χ0v) is 42.3. The summed E-state index contributed by atoms with van der Waals surface area (Å²) in [5, 5.41) is 30.8. The molecule has 0 spiro atoms. The summed E-state index contributed by atoms with van der Waals surface area (Å²) in [6.45, 7) is 3.90. The lowest BCUT2D eigenvalue weighted by atomic mass is 9.99. The zero-order valence-electron chi connectivity index (χ0n) is 41.5. The fourth-order valence-electron chi connectivity index (χ4n) is 8.02. The average Bonchev–Trinajstić information content (AvgIpc) is 3.29. The Hall–Kier alpha value is -1.94. The lowest BCUT2D eigenvalue weighted by Gasteiger charge is -2.41. The van der Waals surface area contributed by atoms with Crippen molar-refractivity contribution in [2.24, 2.45) is 0 Å². The molecule has 6 atom stereocenters. The van der Waals surface area contributed by atoms with Crippen molar-refractivity contribution in [2.75, 3.05) is 26.4 Å². The fourth-order valence-corrected chi connectivity index (χ4v) is 8.53. The summed E-state index contributed by atoms with van der Waals surface area (Å²) in [6.07, 6.45) is 45.7. The molecule has 66 heavy (non-hydrogen) atoms. The van der Waals surface area contributed by atoms with Crippen LogP contribution in [0.15, 0.2) is 48.6 Å². The SMILES string of the molecule is CC/C=C\C/C=C\C/C=C\C/C=C\CCCCCCCCCCC(=O)OC(COCCCCCCCCCCCCCCCCCCCC)COC1OC(CO)C(O)C(OS(=O)(=O)O)C1O. The molecule has 0 bridgehead atoms. The lowest BCUT2D eigenvalue weighted by molar-refractivity contribution is -0.301. The molecule has 12 nitrogen and oxygen atoms in total. The molecule has 0 aromatic rings. The Morgan fingerprint density at radius 3 is 1.53 bits per heavy atom. The second kappa shape index (κ2) is 44.3. The highest BCUT2D eigenvalue weighted by molar-refractivity contribution is 7.80. The number of rotatable bonds is 46. The normalized spacial score (nSPS) is 19.9. The third-order valence-electron chi connectivity index (χ3n) is 12.0. The van der Waals surface area contributed by atoms with E-state index in [4.69, 9.17) is 18.9 Å². The monoisotopic (exact) mass is 957 g/mol. The van der Waals surface area contributed by atoms with Crippen LogP contribution in [0.4, 0.5) is 0 Å². The third kappa shape index (κ3) is 37.0. The Morgan fingerprint density at radius 2 is 1.05 bits per heavy atom. The van der Waals surface area contributed by atoms with Crippen LogP contribution in [0.5, 0.6) is 0 Å². The molecule has 4 N–H and O–H groups in total. The number of hydrogen-bond acceptors (Lipinski definition) is 11. The molecule has 1 heterocycles. The second-order valence-corrected chi connectivity index (χ2v) is 19.1. The highest BCUT2D eigenvalue weighted by atomic mass is 32.3. The molecule has 386 valence electrons. The van der Waals surface area contributed by atoms with Gasteiger partial charge in [-0.3, -0.25) is 9.35 Å². The number of hydrogen-bond donors (Lipinski definition) is 4. The van der Waals surface area contributed by atoms with E-state index in [1.807, 2.05) is 0 Å². The largest absolute Gasteiger partial charge is 0.457 e. The maximum absolute atomic E-state index is 12.9. The molecule has 13 heteroatoms. The first kappa shape index (κ1) is 62.1. The van der Waals surface area contributed by atoms with Crippen molar-refractivity contribution >= 4 is 16.4 Å². The number of aliphatic hydroxyl groups is 3. The van der Waals surface area contributed by atoms with Crippen LogP contribution < -0.4 is 0 Å². The van der Waals surface area contributed by atoms with E-state index in [1.54, 1.807) is 0 Å². The highest BCUT2D eigenvalue weighted by Gasteiger charge is 2.48. The molecule has 0 aliphatic carbocycles. The van der Waals surface area contributed by atoms with Crippen molar-refractivity contribution in [1.82, 2.24) is 0 Å². The van der Waals surface area contributed by atoms with E-state index in [0.717, 1.165) is 70.6 Å². The number of ether oxygens (including phenoxy) is 4. The number of allylic oxidation sites excluding steroid dienone is 8. The van der Waals surface area contributed by atoms with E-state index < -0.39 is 59.8 Å². The van der Waals surface area contributed by atoms with Gasteiger partial charge in [0.1, 0.15) is 30.5 Å². The first-order valence-corrected chi connectivity index (χ1v) is 27.8. The maximum Gasteiger partial charge on any atom is 0.397 e. The molecular formula is C53H96O12S. The molecule has 1 rings (SSSR count). The predicted octanol–water partition coefficient (Wildman–Crippen LogP) is 12.3. The third-order valence-corrected chi connectivity index (χ3v) is 12.4. The minimum atomic E-state index is -5.07. The molecular weight excluding hydrogens is 861 g/mol. The summed E-state index contributed by atoms with van der Waals surface area (Å²) in [6, 6.07) is 0. The van der Waals surface area contributed by atoms with Gasteiger partial charge in [0.2, 0.25) is 0 Å². The second-order valence-electron chi connectivity index (χ2n) is 18.1. The quantitative estimate of drug-likeness (QED) is 0.0197. The minimum Gasteiger partial charge on any atom is -0.457 e. The van der Waals surface area contributed by atoms with Crippen molar-refractivity contribution in [2.45, 2.75) is 256 Å². The Balaban J connectivity index is 2.35. The van der Waals surface area contributed by atoms with Gasteiger partial charge in [-0.1, -0.05) is 210 Å². The van der Waals surface area contributed by atoms with Crippen molar-refractivity contribution in [3.8, 4) is 0 Å². The molecule has 0 amide bonds. The van der Waals surface area contributed by atoms with E-state index in [9.17, 15) is 33.1 Å². The van der Waals surface area contributed by atoms with E-state index >= 15 is 0 Å². The van der Waals surface area contributed by atoms with Gasteiger partial charge in [0.15, 0.2) is 6.29 Å². The van der Waals surface area contributed by atoms with Crippen LogP contribution in [0, 0.1) is 0 Å². The number of carbonyl (C=O) groups is 1. The van der Waals surface area contributed by atoms with Gasteiger partial charge in [-0.15, -0.1) is 0 Å². The number of carbonyl (C=O) groups excluding carboxylic acids is 1. The van der Waals surface area contributed by atoms with Gasteiger partial charge in [-0.25, -0.2) is 4.18 Å². The van der Waals surface area contributed by atoms with Gasteiger partial charge in [-0.05, 0) is 51.4 Å². The van der Waals surface area contributed by atoms with Crippen LogP contribution in [-0.4, -0.2) is 97.5 Å². The van der Waals surface area contributed by atoms with Crippen molar-refractivity contribution in [3.63, 3.8) is 0 Å². The number of aliphatic hydroxyl groups excluding tert-OH is 3. The summed E-state index contributed by atoms with van der Waals surface area (Å²) in [5.74, 6) is -0.405. The van der Waals surface area contributed by atoms with Gasteiger partial charge in [-0.2, -0.15) is 8.42 Å². The number of unbranched alkanes of at least 4 members (excludes halogenated alkanes) is 25. The van der Waals surface area contributed by atoms with Crippen molar-refractivity contribution < 1.29 is 56.2 Å². The molecule has 0 saturated carbocycles. The molecule has 1 aliphatic heterocycles. The average molecular weight is 957 g/mol. The van der Waals surface area contributed by atoms with Crippen LogP contribution >= 0.6 is 0 Å². The lowest BCUT2D eigenvalue weighted by Crippen LogP contribution is -2.60. The van der Waals surface area contributed by atoms with Crippen LogP contribution in [0.25, 0.3) is 0 Å². The van der Waals surface area contributed by atoms with Crippen LogP contribution in [0.1, 0.15) is 219 Å². The van der Waals surface area contributed by atoms with E-state index in [2.05, 4.69) is 66.6 Å². The standard InChI is InChI=1S/C53H96O12S/c1-3-5-7-9-11-13-15-17-19-21-23-24-25-26-28-30-32-34-36-38-40-42-49(55)63-47(46-62-53-51(57)52(65-66(58,59)60)50(56)48(44-54)64-53)45-61-43-41-39-37-35-33-31-29-27-22-20-18-16-14-12-10-8-6-4-2/h5,7,11,13,17,19,23-24,47-48,50-54,56-57H,3-4,6,8-10,12,14-16,18,20-22,25-46H2,1-2H3,(H,58,59,60)/b7-5-,13-11-,19-17-,24-23-. The summed E-state index contributed by atoms with van der Waals surface area (Å²) >= 11 is 0. The van der Waals surface area contributed by atoms with E-state index in [0.29, 0.717) is 13.0 Å². The Labute approximate surface area is 402 Å². The summed E-state index contributed by atoms with van der Waals surface area (Å²) in [4.78, 5) is 12.9. The Morgan fingerprint density at radius 1 is 0.591 bits per heavy atom. The highest BCUT2D eigenvalue weighted by Crippen LogP contribution is 2.26. The van der Waals surface area contributed by atoms with Crippen LogP contribution in [0.3, 0.4) is 0 Å². The van der Waals surface area contributed by atoms with Crippen LogP contribution in [0.2, 0.25) is 0 Å². The molecule has 6 unspecified atom stereocenters. The van der Waals surface area contributed by atoms with Crippen molar-refractivity contribution in [3.05, 3.63) is 48.6 Å². The summed E-state index contributed by atoms with van der Waals surface area (Å²) in [5.41, 5.74) is 0. The molecule has 0 radical (unpaired) electrons. The fraction of sp³-hybridized carbons (Fsp3) is 0.830. The minimum absolute atomic E-state index is 0.0345.